The number of amides is 1. The summed E-state index contributed by atoms with van der Waals surface area (Å²) < 4.78 is 10.8. The third-order valence-electron chi connectivity index (χ3n) is 5.19. The SMILES string of the molecule is O=C(COC(=O)[C@H]1COc2ccccc2C1)c1c[nH]c(C(=O)N2CCCC2)c1. The first kappa shape index (κ1) is 18.3. The number of H-pyrrole nitrogens is 1. The van der Waals surface area contributed by atoms with Gasteiger partial charge in [0, 0.05) is 24.8 Å². The zero-order valence-electron chi connectivity index (χ0n) is 15.5. The topological polar surface area (TPSA) is 88.7 Å². The molecule has 2 aliphatic rings. The van der Waals surface area contributed by atoms with Gasteiger partial charge in [0.1, 0.15) is 18.1 Å². The number of esters is 1. The highest BCUT2D eigenvalue weighted by Gasteiger charge is 2.28. The van der Waals surface area contributed by atoms with Crippen molar-refractivity contribution >= 4 is 17.7 Å². The number of benzene rings is 1. The molecule has 0 aliphatic carbocycles. The van der Waals surface area contributed by atoms with E-state index in [0.29, 0.717) is 17.7 Å². The van der Waals surface area contributed by atoms with Crippen molar-refractivity contribution in [3.63, 3.8) is 0 Å². The lowest BCUT2D eigenvalue weighted by atomic mass is 9.97. The van der Waals surface area contributed by atoms with Crippen LogP contribution in [-0.2, 0) is 16.0 Å². The maximum absolute atomic E-state index is 12.3. The lowest BCUT2D eigenvalue weighted by Gasteiger charge is -2.23. The Labute approximate surface area is 162 Å². The largest absolute Gasteiger partial charge is 0.492 e. The monoisotopic (exact) mass is 382 g/mol. The molecular formula is C21H22N2O5. The van der Waals surface area contributed by atoms with Gasteiger partial charge in [-0.1, -0.05) is 18.2 Å². The number of rotatable bonds is 5. The summed E-state index contributed by atoms with van der Waals surface area (Å²) in [4.78, 5) is 41.6. The van der Waals surface area contributed by atoms with Crippen LogP contribution in [0.1, 0.15) is 39.3 Å². The van der Waals surface area contributed by atoms with E-state index in [0.717, 1.165) is 37.2 Å². The molecule has 1 aromatic carbocycles. The van der Waals surface area contributed by atoms with E-state index in [-0.39, 0.29) is 24.9 Å². The highest BCUT2D eigenvalue weighted by Crippen LogP contribution is 2.27. The number of hydrogen-bond donors (Lipinski definition) is 1. The number of nitrogens with zero attached hydrogens (tertiary/aromatic N) is 1. The molecule has 1 amide bonds. The van der Waals surface area contributed by atoms with E-state index in [2.05, 4.69) is 4.98 Å². The summed E-state index contributed by atoms with van der Waals surface area (Å²) in [5, 5.41) is 0. The van der Waals surface area contributed by atoms with Gasteiger partial charge in [-0.15, -0.1) is 0 Å². The summed E-state index contributed by atoms with van der Waals surface area (Å²) in [7, 11) is 0. The van der Waals surface area contributed by atoms with Gasteiger partial charge in [0.05, 0.1) is 5.92 Å². The van der Waals surface area contributed by atoms with Crippen LogP contribution < -0.4 is 4.74 Å². The fourth-order valence-corrected chi connectivity index (χ4v) is 3.59. The van der Waals surface area contributed by atoms with Crippen LogP contribution in [0.25, 0.3) is 0 Å². The molecule has 1 atom stereocenters. The standard InChI is InChI=1S/C21H22N2O5/c24-18(15-10-17(22-11-15)20(25)23-7-3-4-8-23)13-28-21(26)16-9-14-5-1-2-6-19(14)27-12-16/h1-2,5-6,10-11,16,22H,3-4,7-9,12-13H2/t16-/m1/s1. The molecule has 1 N–H and O–H groups in total. The van der Waals surface area contributed by atoms with Crippen molar-refractivity contribution in [3.05, 3.63) is 53.3 Å². The zero-order chi connectivity index (χ0) is 19.5. The van der Waals surface area contributed by atoms with E-state index in [9.17, 15) is 14.4 Å². The summed E-state index contributed by atoms with van der Waals surface area (Å²) in [5.74, 6) is -0.549. The Morgan fingerprint density at radius 2 is 1.96 bits per heavy atom. The molecule has 2 aliphatic heterocycles. The summed E-state index contributed by atoms with van der Waals surface area (Å²) >= 11 is 0. The average molecular weight is 382 g/mol. The van der Waals surface area contributed by atoms with Crippen LogP contribution in [-0.4, -0.2) is 53.8 Å². The number of ether oxygens (including phenoxy) is 2. The normalized spacial score (nSPS) is 18.3. The minimum absolute atomic E-state index is 0.105. The van der Waals surface area contributed by atoms with Crippen LogP contribution in [0, 0.1) is 5.92 Å². The quantitative estimate of drug-likeness (QED) is 0.633. The lowest BCUT2D eigenvalue weighted by molar-refractivity contribution is -0.148. The number of Topliss-reactive ketones (excluding diaryl/α,β-unsaturated/α-hetero) is 1. The Kier molecular flexibility index (Phi) is 5.14. The number of nitrogens with one attached hydrogen (secondary N) is 1. The number of likely N-dealkylation sites (tertiary alicyclic amines) is 1. The van der Waals surface area contributed by atoms with Crippen molar-refractivity contribution in [2.24, 2.45) is 5.92 Å². The van der Waals surface area contributed by atoms with E-state index >= 15 is 0 Å². The van der Waals surface area contributed by atoms with E-state index in [1.807, 2.05) is 24.3 Å². The van der Waals surface area contributed by atoms with Crippen LogP contribution >= 0.6 is 0 Å². The van der Waals surface area contributed by atoms with Crippen molar-refractivity contribution in [2.75, 3.05) is 26.3 Å². The van der Waals surface area contributed by atoms with E-state index in [1.54, 1.807) is 4.90 Å². The number of ketones is 1. The van der Waals surface area contributed by atoms with Crippen molar-refractivity contribution in [1.82, 2.24) is 9.88 Å². The first-order valence-corrected chi connectivity index (χ1v) is 9.50. The summed E-state index contributed by atoms with van der Waals surface area (Å²) in [5.41, 5.74) is 1.67. The van der Waals surface area contributed by atoms with Gasteiger partial charge in [0.25, 0.3) is 5.91 Å². The third-order valence-corrected chi connectivity index (χ3v) is 5.19. The van der Waals surface area contributed by atoms with Gasteiger partial charge >= 0.3 is 5.97 Å². The Balaban J connectivity index is 1.31. The second kappa shape index (κ2) is 7.88. The number of carbonyl (C=O) groups is 3. The van der Waals surface area contributed by atoms with Gasteiger partial charge in [-0.05, 0) is 37.0 Å². The molecule has 28 heavy (non-hydrogen) atoms. The third kappa shape index (κ3) is 3.78. The smallest absolute Gasteiger partial charge is 0.313 e. The Morgan fingerprint density at radius 1 is 1.18 bits per heavy atom. The molecule has 1 saturated heterocycles. The van der Waals surface area contributed by atoms with Crippen molar-refractivity contribution < 1.29 is 23.9 Å². The Morgan fingerprint density at radius 3 is 2.79 bits per heavy atom. The van der Waals surface area contributed by atoms with Gasteiger partial charge < -0.3 is 19.4 Å². The highest BCUT2D eigenvalue weighted by molar-refractivity contribution is 6.01. The zero-order valence-corrected chi connectivity index (χ0v) is 15.5. The van der Waals surface area contributed by atoms with Crippen LogP contribution in [0.2, 0.25) is 0 Å². The predicted molar refractivity (Wildman–Crippen MR) is 100 cm³/mol. The van der Waals surface area contributed by atoms with Crippen LogP contribution in [0.4, 0.5) is 0 Å². The number of aromatic nitrogens is 1. The molecule has 146 valence electrons. The maximum Gasteiger partial charge on any atom is 0.313 e. The minimum atomic E-state index is -0.452. The molecule has 0 unspecified atom stereocenters. The number of aromatic amines is 1. The fraction of sp³-hybridized carbons (Fsp3) is 0.381. The molecule has 4 rings (SSSR count). The predicted octanol–water partition coefficient (Wildman–Crippen LogP) is 2.23. The highest BCUT2D eigenvalue weighted by atomic mass is 16.5. The molecule has 1 fully saturated rings. The van der Waals surface area contributed by atoms with Crippen molar-refractivity contribution in [1.29, 1.82) is 0 Å². The van der Waals surface area contributed by atoms with Crippen molar-refractivity contribution in [3.8, 4) is 5.75 Å². The molecule has 3 heterocycles. The van der Waals surface area contributed by atoms with Gasteiger partial charge in [0.15, 0.2) is 6.61 Å². The molecule has 2 aromatic rings. The van der Waals surface area contributed by atoms with Gasteiger partial charge in [-0.3, -0.25) is 14.4 Å². The van der Waals surface area contributed by atoms with E-state index < -0.39 is 11.9 Å². The Hall–Kier alpha value is -3.09. The average Bonchev–Trinajstić information content (AvgIpc) is 3.43. The Bertz CT molecular complexity index is 898. The molecule has 0 radical (unpaired) electrons. The fourth-order valence-electron chi connectivity index (χ4n) is 3.59. The minimum Gasteiger partial charge on any atom is -0.492 e. The number of hydrogen-bond acceptors (Lipinski definition) is 5. The summed E-state index contributed by atoms with van der Waals surface area (Å²) in [6, 6.07) is 9.09. The first-order valence-electron chi connectivity index (χ1n) is 9.50. The second-order valence-corrected chi connectivity index (χ2v) is 7.15. The van der Waals surface area contributed by atoms with E-state index in [4.69, 9.17) is 9.47 Å². The van der Waals surface area contributed by atoms with Crippen LogP contribution in [0.5, 0.6) is 5.75 Å². The lowest BCUT2D eigenvalue weighted by Crippen LogP contribution is -2.31. The van der Waals surface area contributed by atoms with Gasteiger partial charge in [-0.2, -0.15) is 0 Å². The number of para-hydroxylation sites is 1. The van der Waals surface area contributed by atoms with Crippen molar-refractivity contribution in [2.45, 2.75) is 19.3 Å². The molecule has 0 saturated carbocycles. The van der Waals surface area contributed by atoms with Gasteiger partial charge in [0.2, 0.25) is 5.78 Å². The number of fused-ring (bicyclic) bond motifs is 1. The molecular weight excluding hydrogens is 360 g/mol. The molecule has 7 heteroatoms. The van der Waals surface area contributed by atoms with Crippen LogP contribution in [0.3, 0.4) is 0 Å². The first-order chi connectivity index (χ1) is 13.6. The van der Waals surface area contributed by atoms with Crippen LogP contribution in [0.15, 0.2) is 36.5 Å². The summed E-state index contributed by atoms with van der Waals surface area (Å²) in [6.45, 7) is 1.37. The number of carbonyl (C=O) groups excluding carboxylic acids is 3. The molecule has 1 aromatic heterocycles. The molecule has 0 bridgehead atoms. The van der Waals surface area contributed by atoms with E-state index in [1.165, 1.54) is 12.3 Å². The second-order valence-electron chi connectivity index (χ2n) is 7.15. The maximum atomic E-state index is 12.3. The van der Waals surface area contributed by atoms with Gasteiger partial charge in [-0.25, -0.2) is 0 Å². The molecule has 0 spiro atoms. The summed E-state index contributed by atoms with van der Waals surface area (Å²) in [6.07, 6.45) is 4.02. The molecule has 7 nitrogen and oxygen atoms in total.